The molecule has 0 fully saturated rings. The number of nitrogens with one attached hydrogen (secondary N) is 1. The highest BCUT2D eigenvalue weighted by Gasteiger charge is 2.33. The molecule has 21 heavy (non-hydrogen) atoms. The van der Waals surface area contributed by atoms with Crippen molar-refractivity contribution >= 4 is 28.2 Å². The van der Waals surface area contributed by atoms with Crippen molar-refractivity contribution in [3.8, 4) is 6.07 Å². The summed E-state index contributed by atoms with van der Waals surface area (Å²) in [4.78, 5) is 24.9. The Balaban J connectivity index is 2.60. The Morgan fingerprint density at radius 1 is 1.52 bits per heavy atom. The Bertz CT molecular complexity index is 560. The number of rotatable bonds is 7. The van der Waals surface area contributed by atoms with Crippen LogP contribution in [0, 0.1) is 11.3 Å². The molecule has 0 aliphatic carbocycles. The molecule has 6 nitrogen and oxygen atoms in total. The van der Waals surface area contributed by atoms with Crippen LogP contribution in [-0.2, 0) is 9.59 Å². The molecule has 0 radical (unpaired) electrons. The van der Waals surface area contributed by atoms with Crippen molar-refractivity contribution in [1.29, 1.82) is 5.26 Å². The van der Waals surface area contributed by atoms with Gasteiger partial charge in [-0.3, -0.25) is 14.5 Å². The highest BCUT2D eigenvalue weighted by Crippen LogP contribution is 2.22. The third-order valence-corrected chi connectivity index (χ3v) is 4.17. The average Bonchev–Trinajstić information content (AvgIpc) is 2.86. The number of carboxylic acids is 1. The lowest BCUT2D eigenvalue weighted by Gasteiger charge is -2.33. The third-order valence-electron chi connectivity index (χ3n) is 3.34. The van der Waals surface area contributed by atoms with Gasteiger partial charge in [0.05, 0.1) is 5.56 Å². The van der Waals surface area contributed by atoms with E-state index in [1.54, 1.807) is 30.2 Å². The molecular formula is C14H19N3O3S. The molecule has 0 saturated carbocycles. The van der Waals surface area contributed by atoms with Crippen molar-refractivity contribution in [3.63, 3.8) is 0 Å². The first-order valence-electron chi connectivity index (χ1n) is 6.58. The van der Waals surface area contributed by atoms with Crippen LogP contribution in [0.2, 0.25) is 0 Å². The Labute approximate surface area is 128 Å². The first-order valence-corrected chi connectivity index (χ1v) is 7.46. The summed E-state index contributed by atoms with van der Waals surface area (Å²) in [6, 6.07) is 3.65. The summed E-state index contributed by atoms with van der Waals surface area (Å²) in [5.41, 5.74) is -0.581. The summed E-state index contributed by atoms with van der Waals surface area (Å²) >= 11 is 1.29. The van der Waals surface area contributed by atoms with Crippen molar-refractivity contribution in [3.05, 3.63) is 17.0 Å². The zero-order valence-electron chi connectivity index (χ0n) is 12.3. The lowest BCUT2D eigenvalue weighted by Crippen LogP contribution is -2.50. The minimum atomic E-state index is -1.02. The van der Waals surface area contributed by atoms with E-state index < -0.39 is 11.5 Å². The highest BCUT2D eigenvalue weighted by atomic mass is 32.1. The van der Waals surface area contributed by atoms with Gasteiger partial charge in [-0.1, -0.05) is 6.92 Å². The number of aliphatic carboxylic acids is 1. The van der Waals surface area contributed by atoms with Crippen molar-refractivity contribution in [2.24, 2.45) is 0 Å². The van der Waals surface area contributed by atoms with Crippen molar-refractivity contribution in [2.75, 3.05) is 18.4 Å². The summed E-state index contributed by atoms with van der Waals surface area (Å²) in [5, 5.41) is 23.0. The Kier molecular flexibility index (Phi) is 5.88. The van der Waals surface area contributed by atoms with Gasteiger partial charge in [0.1, 0.15) is 16.6 Å². The van der Waals surface area contributed by atoms with E-state index in [0.717, 1.165) is 0 Å². The minimum Gasteiger partial charge on any atom is -0.480 e. The number of likely N-dealkylation sites (N-methyl/N-ethyl adjacent to an activating group) is 1. The van der Waals surface area contributed by atoms with Gasteiger partial charge in [-0.2, -0.15) is 5.26 Å². The molecule has 0 spiro atoms. The topological polar surface area (TPSA) is 93.4 Å². The molecule has 0 unspecified atom stereocenters. The van der Waals surface area contributed by atoms with E-state index in [1.807, 2.05) is 13.0 Å². The Hall–Kier alpha value is -1.91. The Morgan fingerprint density at radius 3 is 2.71 bits per heavy atom. The van der Waals surface area contributed by atoms with Gasteiger partial charge in [-0.15, -0.1) is 11.3 Å². The molecule has 0 bridgehead atoms. The van der Waals surface area contributed by atoms with Crippen LogP contribution >= 0.6 is 11.3 Å². The van der Waals surface area contributed by atoms with Gasteiger partial charge in [-0.25, -0.2) is 0 Å². The van der Waals surface area contributed by atoms with E-state index in [2.05, 4.69) is 5.32 Å². The summed E-state index contributed by atoms with van der Waals surface area (Å²) in [6.45, 7) is 5.97. The molecule has 7 heteroatoms. The minimum absolute atomic E-state index is 0.174. The molecule has 1 heterocycles. The van der Waals surface area contributed by atoms with Crippen LogP contribution < -0.4 is 5.32 Å². The molecule has 1 aromatic heterocycles. The summed E-state index contributed by atoms with van der Waals surface area (Å²) in [6.07, 6.45) is 0.174. The van der Waals surface area contributed by atoms with E-state index in [9.17, 15) is 14.7 Å². The predicted octanol–water partition coefficient (Wildman–Crippen LogP) is 2.13. The highest BCUT2D eigenvalue weighted by molar-refractivity contribution is 7.14. The lowest BCUT2D eigenvalue weighted by atomic mass is 10.0. The van der Waals surface area contributed by atoms with Crippen LogP contribution in [-0.4, -0.2) is 40.5 Å². The number of carboxylic acid groups (broad SMARTS) is 1. The smallest absolute Gasteiger partial charge is 0.323 e. The molecule has 114 valence electrons. The molecule has 0 saturated heterocycles. The van der Waals surface area contributed by atoms with Gasteiger partial charge in [-0.05, 0) is 31.8 Å². The molecule has 0 aliphatic heterocycles. The SMILES string of the molecule is CCN(CCC(=O)Nc1sccc1C#N)C(C)(C)C(=O)O. The molecule has 1 amide bonds. The second-order valence-electron chi connectivity index (χ2n) is 5.02. The molecule has 0 aromatic carbocycles. The third kappa shape index (κ3) is 4.28. The van der Waals surface area contributed by atoms with Crippen LogP contribution in [0.5, 0.6) is 0 Å². The van der Waals surface area contributed by atoms with E-state index in [0.29, 0.717) is 23.7 Å². The monoisotopic (exact) mass is 309 g/mol. The standard InChI is InChI=1S/C14H19N3O3S/c1-4-17(14(2,3)13(19)20)7-5-11(18)16-12-10(9-15)6-8-21-12/h6,8H,4-5,7H2,1-3H3,(H,16,18)(H,19,20). The van der Waals surface area contributed by atoms with Gasteiger partial charge in [0.2, 0.25) is 5.91 Å². The van der Waals surface area contributed by atoms with E-state index >= 15 is 0 Å². The summed E-state index contributed by atoms with van der Waals surface area (Å²) in [5.74, 6) is -1.15. The number of nitriles is 1. The Morgan fingerprint density at radius 2 is 2.19 bits per heavy atom. The van der Waals surface area contributed by atoms with Crippen molar-refractivity contribution < 1.29 is 14.7 Å². The van der Waals surface area contributed by atoms with Gasteiger partial charge < -0.3 is 10.4 Å². The number of anilines is 1. The quantitative estimate of drug-likeness (QED) is 0.805. The number of thiophene rings is 1. The van der Waals surface area contributed by atoms with E-state index in [-0.39, 0.29) is 12.3 Å². The number of amides is 1. The molecule has 1 aromatic rings. The van der Waals surface area contributed by atoms with Gasteiger partial charge in [0, 0.05) is 13.0 Å². The van der Waals surface area contributed by atoms with Crippen LogP contribution in [0.1, 0.15) is 32.8 Å². The number of carbonyl (C=O) groups is 2. The number of hydrogen-bond acceptors (Lipinski definition) is 5. The average molecular weight is 309 g/mol. The summed E-state index contributed by atoms with van der Waals surface area (Å²) < 4.78 is 0. The number of hydrogen-bond donors (Lipinski definition) is 2. The van der Waals surface area contributed by atoms with E-state index in [1.165, 1.54) is 11.3 Å². The maximum atomic E-state index is 11.9. The van der Waals surface area contributed by atoms with Gasteiger partial charge >= 0.3 is 5.97 Å². The van der Waals surface area contributed by atoms with Crippen molar-refractivity contribution in [2.45, 2.75) is 32.7 Å². The predicted molar refractivity (Wildman–Crippen MR) is 81.2 cm³/mol. The zero-order chi connectivity index (χ0) is 16.0. The summed E-state index contributed by atoms with van der Waals surface area (Å²) in [7, 11) is 0. The van der Waals surface area contributed by atoms with Crippen LogP contribution in [0.15, 0.2) is 11.4 Å². The van der Waals surface area contributed by atoms with Crippen molar-refractivity contribution in [1.82, 2.24) is 4.90 Å². The maximum Gasteiger partial charge on any atom is 0.323 e. The molecule has 0 aliphatic rings. The van der Waals surface area contributed by atoms with Crippen LogP contribution in [0.25, 0.3) is 0 Å². The first kappa shape index (κ1) is 17.1. The van der Waals surface area contributed by atoms with Gasteiger partial charge in [0.15, 0.2) is 0 Å². The van der Waals surface area contributed by atoms with E-state index in [4.69, 9.17) is 5.26 Å². The fourth-order valence-electron chi connectivity index (χ4n) is 1.89. The molecular weight excluding hydrogens is 290 g/mol. The number of nitrogens with zero attached hydrogens (tertiary/aromatic N) is 2. The molecule has 1 rings (SSSR count). The maximum absolute atomic E-state index is 11.9. The zero-order valence-corrected chi connectivity index (χ0v) is 13.2. The van der Waals surface area contributed by atoms with Gasteiger partial charge in [0.25, 0.3) is 0 Å². The largest absolute Gasteiger partial charge is 0.480 e. The second-order valence-corrected chi connectivity index (χ2v) is 5.93. The lowest BCUT2D eigenvalue weighted by molar-refractivity contribution is -0.149. The van der Waals surface area contributed by atoms with Crippen LogP contribution in [0.3, 0.4) is 0 Å². The molecule has 2 N–H and O–H groups in total. The first-order chi connectivity index (χ1) is 9.82. The normalized spacial score (nSPS) is 11.2. The number of carbonyl (C=O) groups excluding carboxylic acids is 1. The van der Waals surface area contributed by atoms with Crippen LogP contribution in [0.4, 0.5) is 5.00 Å². The fourth-order valence-corrected chi connectivity index (χ4v) is 2.64. The second kappa shape index (κ2) is 7.20. The molecule has 0 atom stereocenters. The fraction of sp³-hybridized carbons (Fsp3) is 0.500.